The van der Waals surface area contributed by atoms with Crippen LogP contribution in [0.25, 0.3) is 0 Å². The van der Waals surface area contributed by atoms with Gasteiger partial charge in [-0.3, -0.25) is 4.98 Å². The molecule has 1 aromatic heterocycles. The zero-order chi connectivity index (χ0) is 13.9. The lowest BCUT2D eigenvalue weighted by Crippen LogP contribution is -2.09. The number of benzene rings is 1. The molecule has 0 aliphatic carbocycles. The topological polar surface area (TPSA) is 61.0 Å². The average Bonchev–Trinajstić information content (AvgIpc) is 2.39. The number of halogens is 3. The molecule has 1 aromatic carbocycles. The van der Waals surface area contributed by atoms with Crippen LogP contribution in [-0.2, 0) is 12.7 Å². The molecule has 7 heteroatoms. The Morgan fingerprint density at radius 3 is 2.58 bits per heavy atom. The third-order valence-electron chi connectivity index (χ3n) is 2.34. The highest BCUT2D eigenvalue weighted by atomic mass is 19.4. The lowest BCUT2D eigenvalue weighted by Gasteiger charge is -2.14. The summed E-state index contributed by atoms with van der Waals surface area (Å²) in [6.45, 7) is 0.0223. The molecule has 0 saturated carbocycles. The van der Waals surface area contributed by atoms with Crippen molar-refractivity contribution < 1.29 is 17.9 Å². The number of hydrogen-bond acceptors (Lipinski definition) is 4. The standard InChI is InChI=1S/C12H10F3N3O/c13-12(14,15)9-5-8(6-16)1-2-10(9)19-11-7-17-3-4-18-11/h1-5,7H,6,16H2. The van der Waals surface area contributed by atoms with Gasteiger partial charge in [-0.25, -0.2) is 4.98 Å². The highest BCUT2D eigenvalue weighted by Crippen LogP contribution is 2.38. The fraction of sp³-hybridized carbons (Fsp3) is 0.167. The molecule has 0 unspecified atom stereocenters. The van der Waals surface area contributed by atoms with E-state index in [0.29, 0.717) is 5.56 Å². The minimum Gasteiger partial charge on any atom is -0.437 e. The molecule has 0 radical (unpaired) electrons. The van der Waals surface area contributed by atoms with Gasteiger partial charge in [0.15, 0.2) is 0 Å². The van der Waals surface area contributed by atoms with Crippen molar-refractivity contribution in [2.45, 2.75) is 12.7 Å². The van der Waals surface area contributed by atoms with Crippen molar-refractivity contribution in [3.63, 3.8) is 0 Å². The van der Waals surface area contributed by atoms with Crippen LogP contribution in [0, 0.1) is 0 Å². The van der Waals surface area contributed by atoms with Crippen LogP contribution < -0.4 is 10.5 Å². The van der Waals surface area contributed by atoms with Crippen molar-refractivity contribution >= 4 is 0 Å². The van der Waals surface area contributed by atoms with Crippen molar-refractivity contribution in [2.24, 2.45) is 5.73 Å². The zero-order valence-corrected chi connectivity index (χ0v) is 9.69. The van der Waals surface area contributed by atoms with Crippen LogP contribution in [0.1, 0.15) is 11.1 Å². The normalized spacial score (nSPS) is 11.4. The molecule has 0 amide bonds. The van der Waals surface area contributed by atoms with Gasteiger partial charge in [-0.2, -0.15) is 13.2 Å². The van der Waals surface area contributed by atoms with Crippen LogP contribution in [0.3, 0.4) is 0 Å². The predicted octanol–water partition coefficient (Wildman–Crippen LogP) is 2.75. The zero-order valence-electron chi connectivity index (χ0n) is 9.69. The van der Waals surface area contributed by atoms with Crippen molar-refractivity contribution in [1.29, 1.82) is 0 Å². The molecule has 2 N–H and O–H groups in total. The molecule has 4 nitrogen and oxygen atoms in total. The van der Waals surface area contributed by atoms with E-state index < -0.39 is 11.7 Å². The Balaban J connectivity index is 2.40. The molecule has 1 heterocycles. The minimum atomic E-state index is -4.53. The number of hydrogen-bond donors (Lipinski definition) is 1. The first kappa shape index (κ1) is 13.3. The summed E-state index contributed by atoms with van der Waals surface area (Å²) in [6.07, 6.45) is -0.564. The highest BCUT2D eigenvalue weighted by Gasteiger charge is 2.34. The fourth-order valence-corrected chi connectivity index (χ4v) is 1.47. The summed E-state index contributed by atoms with van der Waals surface area (Å²) in [5.41, 5.74) is 4.82. The first-order chi connectivity index (χ1) is 9.00. The van der Waals surface area contributed by atoms with Gasteiger partial charge in [-0.05, 0) is 17.7 Å². The number of aromatic nitrogens is 2. The van der Waals surface area contributed by atoms with E-state index in [9.17, 15) is 13.2 Å². The molecule has 0 aliphatic rings. The Morgan fingerprint density at radius 2 is 2.00 bits per heavy atom. The molecular weight excluding hydrogens is 259 g/mol. The van der Waals surface area contributed by atoms with E-state index >= 15 is 0 Å². The molecule has 2 aromatic rings. The van der Waals surface area contributed by atoms with Gasteiger partial charge in [0.1, 0.15) is 5.75 Å². The van der Waals surface area contributed by atoms with Gasteiger partial charge < -0.3 is 10.5 Å². The second kappa shape index (κ2) is 5.23. The van der Waals surface area contributed by atoms with E-state index in [0.717, 1.165) is 6.07 Å². The van der Waals surface area contributed by atoms with E-state index in [4.69, 9.17) is 10.5 Å². The lowest BCUT2D eigenvalue weighted by atomic mass is 10.1. The largest absolute Gasteiger partial charge is 0.437 e. The second-order valence-electron chi connectivity index (χ2n) is 3.68. The monoisotopic (exact) mass is 269 g/mol. The van der Waals surface area contributed by atoms with Gasteiger partial charge in [-0.15, -0.1) is 0 Å². The number of alkyl halides is 3. The molecule has 0 fully saturated rings. The van der Waals surface area contributed by atoms with E-state index in [2.05, 4.69) is 9.97 Å². The number of rotatable bonds is 3. The molecule has 0 spiro atoms. The Bertz CT molecular complexity index is 558. The summed E-state index contributed by atoms with van der Waals surface area (Å²) in [6, 6.07) is 3.66. The maximum absolute atomic E-state index is 12.9. The number of ether oxygens (including phenoxy) is 1. The summed E-state index contributed by atoms with van der Waals surface area (Å²) in [7, 11) is 0. The Labute approximate surface area is 107 Å². The quantitative estimate of drug-likeness (QED) is 0.930. The van der Waals surface area contributed by atoms with Crippen LogP contribution in [0.4, 0.5) is 13.2 Å². The number of nitrogens with zero attached hydrogens (tertiary/aromatic N) is 2. The van der Waals surface area contributed by atoms with Gasteiger partial charge in [0, 0.05) is 18.9 Å². The smallest absolute Gasteiger partial charge is 0.419 e. The van der Waals surface area contributed by atoms with Gasteiger partial charge >= 0.3 is 6.18 Å². The minimum absolute atomic E-state index is 0.00602. The lowest BCUT2D eigenvalue weighted by molar-refractivity contribution is -0.138. The Morgan fingerprint density at radius 1 is 1.21 bits per heavy atom. The van der Waals surface area contributed by atoms with Gasteiger partial charge in [0.25, 0.3) is 0 Å². The van der Waals surface area contributed by atoms with Crippen molar-refractivity contribution in [2.75, 3.05) is 0 Å². The number of nitrogens with two attached hydrogens (primary N) is 1. The van der Waals surface area contributed by atoms with Crippen LogP contribution in [0.5, 0.6) is 11.6 Å². The first-order valence-electron chi connectivity index (χ1n) is 5.35. The third kappa shape index (κ3) is 3.19. The first-order valence-corrected chi connectivity index (χ1v) is 5.35. The van der Waals surface area contributed by atoms with Gasteiger partial charge in [0.2, 0.25) is 5.88 Å². The average molecular weight is 269 g/mol. The summed E-state index contributed by atoms with van der Waals surface area (Å²) >= 11 is 0. The molecule has 19 heavy (non-hydrogen) atoms. The van der Waals surface area contributed by atoms with E-state index in [1.54, 1.807) is 0 Å². The molecule has 0 atom stereocenters. The summed E-state index contributed by atoms with van der Waals surface area (Å²) in [5, 5.41) is 0. The van der Waals surface area contributed by atoms with E-state index in [1.807, 2.05) is 0 Å². The van der Waals surface area contributed by atoms with Crippen molar-refractivity contribution in [3.8, 4) is 11.6 Å². The SMILES string of the molecule is NCc1ccc(Oc2cnccn2)c(C(F)(F)F)c1. The Kier molecular flexibility index (Phi) is 3.66. The molecular formula is C12H10F3N3O. The second-order valence-corrected chi connectivity index (χ2v) is 3.68. The molecule has 100 valence electrons. The van der Waals surface area contributed by atoms with Crippen LogP contribution in [-0.4, -0.2) is 9.97 Å². The van der Waals surface area contributed by atoms with Crippen LogP contribution >= 0.6 is 0 Å². The van der Waals surface area contributed by atoms with E-state index in [-0.39, 0.29) is 18.2 Å². The molecule has 0 aliphatic heterocycles. The van der Waals surface area contributed by atoms with E-state index in [1.165, 1.54) is 30.7 Å². The fourth-order valence-electron chi connectivity index (χ4n) is 1.47. The van der Waals surface area contributed by atoms with Gasteiger partial charge in [-0.1, -0.05) is 6.07 Å². The van der Waals surface area contributed by atoms with Crippen molar-refractivity contribution in [3.05, 3.63) is 47.9 Å². The summed E-state index contributed by atoms with van der Waals surface area (Å²) in [5.74, 6) is -0.335. The predicted molar refractivity (Wildman–Crippen MR) is 61.4 cm³/mol. The maximum Gasteiger partial charge on any atom is 0.419 e. The van der Waals surface area contributed by atoms with Crippen LogP contribution in [0.15, 0.2) is 36.8 Å². The van der Waals surface area contributed by atoms with Crippen LogP contribution in [0.2, 0.25) is 0 Å². The third-order valence-corrected chi connectivity index (χ3v) is 2.34. The molecule has 0 saturated heterocycles. The Hall–Kier alpha value is -2.15. The summed E-state index contributed by atoms with van der Waals surface area (Å²) < 4.78 is 43.8. The molecule has 2 rings (SSSR count). The highest BCUT2D eigenvalue weighted by molar-refractivity contribution is 5.41. The van der Waals surface area contributed by atoms with Crippen molar-refractivity contribution in [1.82, 2.24) is 9.97 Å². The van der Waals surface area contributed by atoms with Gasteiger partial charge in [0.05, 0.1) is 11.8 Å². The summed E-state index contributed by atoms with van der Waals surface area (Å²) in [4.78, 5) is 7.48. The maximum atomic E-state index is 12.9. The molecule has 0 bridgehead atoms.